The standard InChI is InChI=1S/C25H36INO4/c1-25(2)17-13-20(25)19(7-5-3-4-6-8-24(30)31)22(14-17)27-15-18(28)11-16-9-10-23(29)21(26)12-16/h3,5,9-10,12,17-20,22,27-29H,4,6-8,11,13-15H2,1-2H3,(H,30,31)/b5-3-/t17-,18?,19+,20+,22+/m1/s1. The van der Waals surface area contributed by atoms with E-state index in [1.807, 2.05) is 12.1 Å². The number of aliphatic hydroxyl groups excluding tert-OH is 1. The van der Waals surface area contributed by atoms with Gasteiger partial charge in [0, 0.05) is 19.0 Å². The number of unbranched alkanes of at least 4 members (excludes halogenated alkanes) is 1. The van der Waals surface area contributed by atoms with Gasteiger partial charge in [-0.15, -0.1) is 0 Å². The number of hydrogen-bond donors (Lipinski definition) is 4. The maximum atomic E-state index is 10.7. The van der Waals surface area contributed by atoms with Gasteiger partial charge in [-0.25, -0.2) is 0 Å². The highest BCUT2D eigenvalue weighted by Crippen LogP contribution is 2.62. The fourth-order valence-electron chi connectivity index (χ4n) is 5.56. The Hall–Kier alpha value is -1.12. The molecular formula is C25H36INO4. The Morgan fingerprint density at radius 2 is 2.10 bits per heavy atom. The number of allylic oxidation sites excluding steroid dienone is 2. The van der Waals surface area contributed by atoms with E-state index in [0.29, 0.717) is 42.7 Å². The zero-order valence-electron chi connectivity index (χ0n) is 18.6. The minimum atomic E-state index is -0.729. The van der Waals surface area contributed by atoms with Crippen LogP contribution in [0.3, 0.4) is 0 Å². The lowest BCUT2D eigenvalue weighted by atomic mass is 9.44. The molecule has 5 atom stereocenters. The quantitative estimate of drug-likeness (QED) is 0.185. The van der Waals surface area contributed by atoms with Crippen molar-refractivity contribution in [3.05, 3.63) is 39.5 Å². The van der Waals surface area contributed by atoms with Gasteiger partial charge in [0.05, 0.1) is 9.67 Å². The molecule has 0 radical (unpaired) electrons. The number of nitrogens with one attached hydrogen (secondary N) is 1. The van der Waals surface area contributed by atoms with Crippen molar-refractivity contribution in [1.82, 2.24) is 5.32 Å². The third-order valence-electron chi connectivity index (χ3n) is 7.55. The van der Waals surface area contributed by atoms with E-state index in [9.17, 15) is 15.0 Å². The highest BCUT2D eigenvalue weighted by molar-refractivity contribution is 14.1. The van der Waals surface area contributed by atoms with Gasteiger partial charge in [0.15, 0.2) is 0 Å². The van der Waals surface area contributed by atoms with Crippen LogP contribution in [-0.2, 0) is 11.2 Å². The molecule has 3 saturated carbocycles. The van der Waals surface area contributed by atoms with E-state index in [2.05, 4.69) is 53.9 Å². The number of hydrogen-bond acceptors (Lipinski definition) is 4. The maximum absolute atomic E-state index is 10.7. The zero-order chi connectivity index (χ0) is 22.6. The van der Waals surface area contributed by atoms with Gasteiger partial charge in [0.2, 0.25) is 0 Å². The minimum Gasteiger partial charge on any atom is -0.507 e. The number of phenolic OH excluding ortho intramolecular Hbond substituents is 1. The van der Waals surface area contributed by atoms with Crippen LogP contribution < -0.4 is 5.32 Å². The van der Waals surface area contributed by atoms with Crippen molar-refractivity contribution in [2.45, 2.75) is 70.9 Å². The van der Waals surface area contributed by atoms with Crippen LogP contribution in [0.5, 0.6) is 5.75 Å². The van der Waals surface area contributed by atoms with Gasteiger partial charge in [-0.2, -0.15) is 0 Å². The molecule has 31 heavy (non-hydrogen) atoms. The van der Waals surface area contributed by atoms with Crippen LogP contribution in [0.15, 0.2) is 30.4 Å². The Balaban J connectivity index is 1.52. The molecule has 0 aromatic heterocycles. The van der Waals surface area contributed by atoms with Crippen molar-refractivity contribution >= 4 is 28.6 Å². The molecule has 5 nitrogen and oxygen atoms in total. The third kappa shape index (κ3) is 6.23. The molecule has 0 amide bonds. The van der Waals surface area contributed by atoms with E-state index in [-0.39, 0.29) is 12.2 Å². The average Bonchev–Trinajstić information content (AvgIpc) is 2.71. The summed E-state index contributed by atoms with van der Waals surface area (Å²) in [4.78, 5) is 10.7. The fourth-order valence-corrected chi connectivity index (χ4v) is 6.14. The smallest absolute Gasteiger partial charge is 0.303 e. The molecule has 1 aromatic carbocycles. The van der Waals surface area contributed by atoms with Crippen molar-refractivity contribution < 1.29 is 20.1 Å². The summed E-state index contributed by atoms with van der Waals surface area (Å²) in [6.45, 7) is 5.36. The fraction of sp³-hybridized carbons (Fsp3) is 0.640. The second kappa shape index (κ2) is 10.7. The largest absolute Gasteiger partial charge is 0.507 e. The Labute approximate surface area is 199 Å². The molecule has 0 heterocycles. The molecule has 3 fully saturated rings. The highest BCUT2D eigenvalue weighted by atomic mass is 127. The Kier molecular flexibility index (Phi) is 8.44. The number of aliphatic carboxylic acids is 1. The van der Waals surface area contributed by atoms with E-state index in [4.69, 9.17) is 5.11 Å². The molecule has 6 heteroatoms. The number of aromatic hydroxyl groups is 1. The summed E-state index contributed by atoms with van der Waals surface area (Å²) in [6, 6.07) is 5.90. The highest BCUT2D eigenvalue weighted by Gasteiger charge is 2.56. The zero-order valence-corrected chi connectivity index (χ0v) is 20.7. The van der Waals surface area contributed by atoms with Crippen molar-refractivity contribution in [1.29, 1.82) is 0 Å². The number of aliphatic hydroxyl groups is 1. The van der Waals surface area contributed by atoms with Crippen LogP contribution in [0.2, 0.25) is 0 Å². The summed E-state index contributed by atoms with van der Waals surface area (Å²) >= 11 is 2.11. The summed E-state index contributed by atoms with van der Waals surface area (Å²) in [5.74, 6) is 1.55. The molecule has 172 valence electrons. The lowest BCUT2D eigenvalue weighted by Gasteiger charge is -2.63. The molecule has 1 unspecified atom stereocenters. The minimum absolute atomic E-state index is 0.229. The van der Waals surface area contributed by atoms with Crippen LogP contribution in [0.25, 0.3) is 0 Å². The summed E-state index contributed by atoms with van der Waals surface area (Å²) in [5, 5.41) is 32.7. The number of carboxylic acids is 1. The third-order valence-corrected chi connectivity index (χ3v) is 8.42. The number of phenols is 1. The molecule has 2 bridgehead atoms. The van der Waals surface area contributed by atoms with E-state index < -0.39 is 12.1 Å². The van der Waals surface area contributed by atoms with E-state index >= 15 is 0 Å². The molecule has 3 aliphatic rings. The van der Waals surface area contributed by atoms with Crippen molar-refractivity contribution in [3.63, 3.8) is 0 Å². The Bertz CT molecular complexity index is 794. The lowest BCUT2D eigenvalue weighted by Crippen LogP contribution is -2.61. The number of carbonyl (C=O) groups is 1. The molecule has 3 aliphatic carbocycles. The van der Waals surface area contributed by atoms with Gasteiger partial charge >= 0.3 is 5.97 Å². The predicted molar refractivity (Wildman–Crippen MR) is 131 cm³/mol. The summed E-state index contributed by atoms with van der Waals surface area (Å²) in [5.41, 5.74) is 1.42. The van der Waals surface area contributed by atoms with Crippen LogP contribution in [0.1, 0.15) is 57.9 Å². The molecule has 1 aromatic rings. The molecule has 4 N–H and O–H groups in total. The number of halogens is 1. The van der Waals surface area contributed by atoms with Crippen LogP contribution in [0, 0.1) is 26.7 Å². The van der Waals surface area contributed by atoms with Crippen LogP contribution in [-0.4, -0.2) is 40.0 Å². The Morgan fingerprint density at radius 3 is 2.77 bits per heavy atom. The van der Waals surface area contributed by atoms with Crippen molar-refractivity contribution in [2.24, 2.45) is 23.2 Å². The first-order valence-corrected chi connectivity index (χ1v) is 12.5. The number of carboxylic acid groups (broad SMARTS) is 1. The van der Waals surface area contributed by atoms with Gasteiger partial charge in [0.25, 0.3) is 0 Å². The topological polar surface area (TPSA) is 89.8 Å². The predicted octanol–water partition coefficient (Wildman–Crippen LogP) is 4.74. The van der Waals surface area contributed by atoms with Crippen molar-refractivity contribution in [3.8, 4) is 5.75 Å². The van der Waals surface area contributed by atoms with Gasteiger partial charge in [0.1, 0.15) is 5.75 Å². The SMILES string of the molecule is CC1(C)[C@H]2C[C@H](NCC(O)Cc3ccc(O)c(I)c3)[C@@H](C/C=C\CCCC(=O)O)[C@@H]1C2. The van der Waals surface area contributed by atoms with E-state index in [1.165, 1.54) is 6.42 Å². The number of fused-ring (bicyclic) bond motifs is 2. The first kappa shape index (κ1) is 24.5. The molecule has 4 rings (SSSR count). The van der Waals surface area contributed by atoms with Gasteiger partial charge in [-0.05, 0) is 102 Å². The molecule has 0 spiro atoms. The summed E-state index contributed by atoms with van der Waals surface area (Å²) in [6.07, 6.45) is 9.70. The normalized spacial score (nSPS) is 27.7. The average molecular weight is 541 g/mol. The number of benzene rings is 1. The first-order chi connectivity index (χ1) is 14.7. The number of rotatable bonds is 11. The van der Waals surface area contributed by atoms with Gasteiger partial charge in [-0.3, -0.25) is 4.79 Å². The molecule has 0 saturated heterocycles. The van der Waals surface area contributed by atoms with Gasteiger partial charge < -0.3 is 20.6 Å². The van der Waals surface area contributed by atoms with Crippen LogP contribution >= 0.6 is 22.6 Å². The lowest BCUT2D eigenvalue weighted by molar-refractivity contribution is -0.137. The first-order valence-electron chi connectivity index (χ1n) is 11.4. The summed E-state index contributed by atoms with van der Waals surface area (Å²) < 4.78 is 0.806. The molecular weight excluding hydrogens is 505 g/mol. The van der Waals surface area contributed by atoms with Crippen LogP contribution in [0.4, 0.5) is 0 Å². The Morgan fingerprint density at radius 1 is 1.32 bits per heavy atom. The monoisotopic (exact) mass is 541 g/mol. The van der Waals surface area contributed by atoms with E-state index in [0.717, 1.165) is 34.3 Å². The summed E-state index contributed by atoms with van der Waals surface area (Å²) in [7, 11) is 0. The van der Waals surface area contributed by atoms with Crippen molar-refractivity contribution in [2.75, 3.05) is 6.54 Å². The molecule has 0 aliphatic heterocycles. The second-order valence-corrected chi connectivity index (χ2v) is 11.1. The second-order valence-electron chi connectivity index (χ2n) is 9.91. The van der Waals surface area contributed by atoms with E-state index in [1.54, 1.807) is 6.07 Å². The maximum Gasteiger partial charge on any atom is 0.303 e. The van der Waals surface area contributed by atoms with Gasteiger partial charge in [-0.1, -0.05) is 32.1 Å².